The van der Waals surface area contributed by atoms with E-state index in [2.05, 4.69) is 15.6 Å². The molecule has 0 unspecified atom stereocenters. The fraction of sp³-hybridized carbons (Fsp3) is 0.429. The van der Waals surface area contributed by atoms with Gasteiger partial charge in [-0.15, -0.1) is 0 Å². The van der Waals surface area contributed by atoms with Crippen LogP contribution in [0.3, 0.4) is 0 Å². The first-order valence-corrected chi connectivity index (χ1v) is 7.17. The Morgan fingerprint density at radius 2 is 2.09 bits per heavy atom. The summed E-state index contributed by atoms with van der Waals surface area (Å²) in [5.74, 6) is -1.75. The second-order valence-electron chi connectivity index (χ2n) is 4.46. The molecule has 0 aliphatic carbocycles. The molecule has 9 heteroatoms. The van der Waals surface area contributed by atoms with Crippen LogP contribution in [0.2, 0.25) is 5.02 Å². The molecule has 0 fully saturated rings. The minimum atomic E-state index is -0.972. The van der Waals surface area contributed by atoms with Crippen LogP contribution in [0.4, 0.5) is 0 Å². The quantitative estimate of drug-likeness (QED) is 0.514. The zero-order valence-electron chi connectivity index (χ0n) is 12.8. The highest BCUT2D eigenvalue weighted by atomic mass is 35.5. The zero-order valence-corrected chi connectivity index (χ0v) is 13.6. The SMILES string of the molecule is COCCNC(=O)[C@H](C)OC(=O)CNC(=O)c1cc(Cl)ccn1. The summed E-state index contributed by atoms with van der Waals surface area (Å²) in [5.41, 5.74) is 0.0793. The number of ether oxygens (including phenoxy) is 2. The van der Waals surface area contributed by atoms with E-state index in [0.717, 1.165) is 0 Å². The van der Waals surface area contributed by atoms with Crippen molar-refractivity contribution < 1.29 is 23.9 Å². The molecule has 1 atom stereocenters. The molecular weight excluding hydrogens is 326 g/mol. The van der Waals surface area contributed by atoms with Gasteiger partial charge in [0, 0.05) is 24.9 Å². The van der Waals surface area contributed by atoms with Crippen LogP contribution < -0.4 is 10.6 Å². The molecule has 1 aromatic heterocycles. The number of esters is 1. The number of carbonyl (C=O) groups excluding carboxylic acids is 3. The highest BCUT2D eigenvalue weighted by Crippen LogP contribution is 2.07. The lowest BCUT2D eigenvalue weighted by Crippen LogP contribution is -2.39. The predicted molar refractivity (Wildman–Crippen MR) is 82.0 cm³/mol. The molecule has 1 rings (SSSR count). The second-order valence-corrected chi connectivity index (χ2v) is 4.89. The van der Waals surface area contributed by atoms with Gasteiger partial charge in [0.05, 0.1) is 6.61 Å². The van der Waals surface area contributed by atoms with Crippen LogP contribution in [0, 0.1) is 0 Å². The first-order valence-electron chi connectivity index (χ1n) is 6.80. The summed E-state index contributed by atoms with van der Waals surface area (Å²) >= 11 is 5.74. The summed E-state index contributed by atoms with van der Waals surface area (Å²) in [7, 11) is 1.51. The van der Waals surface area contributed by atoms with Crippen LogP contribution in [-0.2, 0) is 19.1 Å². The van der Waals surface area contributed by atoms with Gasteiger partial charge in [-0.3, -0.25) is 19.4 Å². The van der Waals surface area contributed by atoms with E-state index in [1.54, 1.807) is 0 Å². The lowest BCUT2D eigenvalue weighted by atomic mass is 10.3. The van der Waals surface area contributed by atoms with Gasteiger partial charge >= 0.3 is 5.97 Å². The maximum absolute atomic E-state index is 11.8. The first-order chi connectivity index (χ1) is 10.9. The van der Waals surface area contributed by atoms with Gasteiger partial charge in [0.25, 0.3) is 11.8 Å². The summed E-state index contributed by atoms with van der Waals surface area (Å²) in [6.45, 7) is 1.71. The average molecular weight is 344 g/mol. The van der Waals surface area contributed by atoms with Crippen molar-refractivity contribution in [2.75, 3.05) is 26.8 Å². The summed E-state index contributed by atoms with van der Waals surface area (Å²) in [6, 6.07) is 2.89. The van der Waals surface area contributed by atoms with E-state index >= 15 is 0 Å². The lowest BCUT2D eigenvalue weighted by molar-refractivity contribution is -0.153. The van der Waals surface area contributed by atoms with Crippen LogP contribution >= 0.6 is 11.6 Å². The van der Waals surface area contributed by atoms with Gasteiger partial charge < -0.3 is 20.1 Å². The van der Waals surface area contributed by atoms with E-state index in [1.807, 2.05) is 0 Å². The molecule has 126 valence electrons. The third kappa shape index (κ3) is 7.07. The van der Waals surface area contributed by atoms with Crippen LogP contribution in [0.1, 0.15) is 17.4 Å². The number of hydrogen-bond donors (Lipinski definition) is 2. The fourth-order valence-corrected chi connectivity index (χ4v) is 1.64. The van der Waals surface area contributed by atoms with Crippen molar-refractivity contribution >= 4 is 29.4 Å². The number of nitrogens with zero attached hydrogens (tertiary/aromatic N) is 1. The molecule has 23 heavy (non-hydrogen) atoms. The third-order valence-electron chi connectivity index (χ3n) is 2.63. The summed E-state index contributed by atoms with van der Waals surface area (Å²) in [6.07, 6.45) is 0.405. The van der Waals surface area contributed by atoms with Crippen LogP contribution in [0.15, 0.2) is 18.3 Å². The Kier molecular flexibility index (Phi) is 8.00. The number of nitrogens with one attached hydrogen (secondary N) is 2. The van der Waals surface area contributed by atoms with E-state index in [-0.39, 0.29) is 12.2 Å². The van der Waals surface area contributed by atoms with Crippen molar-refractivity contribution in [2.45, 2.75) is 13.0 Å². The average Bonchev–Trinajstić information content (AvgIpc) is 2.52. The van der Waals surface area contributed by atoms with E-state index in [0.29, 0.717) is 18.2 Å². The van der Waals surface area contributed by atoms with Crippen LogP contribution in [0.25, 0.3) is 0 Å². The number of rotatable bonds is 8. The summed E-state index contributed by atoms with van der Waals surface area (Å²) in [5, 5.41) is 5.22. The molecule has 2 amide bonds. The zero-order chi connectivity index (χ0) is 17.2. The summed E-state index contributed by atoms with van der Waals surface area (Å²) in [4.78, 5) is 38.8. The smallest absolute Gasteiger partial charge is 0.326 e. The second kappa shape index (κ2) is 9.75. The molecule has 0 aromatic carbocycles. The lowest BCUT2D eigenvalue weighted by Gasteiger charge is -2.13. The van der Waals surface area contributed by atoms with Crippen molar-refractivity contribution in [3.8, 4) is 0 Å². The molecule has 0 bridgehead atoms. The van der Waals surface area contributed by atoms with Gasteiger partial charge in [0.15, 0.2) is 6.10 Å². The Labute approximate surface area is 138 Å². The number of aromatic nitrogens is 1. The molecule has 8 nitrogen and oxygen atoms in total. The van der Waals surface area contributed by atoms with E-state index < -0.39 is 23.9 Å². The standard InChI is InChI=1S/C14H18ClN3O5/c1-9(13(20)17-5-6-22-2)23-12(19)8-18-14(21)11-7-10(15)3-4-16-11/h3-4,7,9H,5-6,8H2,1-2H3,(H,17,20)(H,18,21)/t9-/m0/s1. The molecule has 2 N–H and O–H groups in total. The number of amides is 2. The number of hydrogen-bond acceptors (Lipinski definition) is 6. The van der Waals surface area contributed by atoms with Gasteiger partial charge in [-0.1, -0.05) is 11.6 Å². The minimum absolute atomic E-state index is 0.0793. The number of pyridine rings is 1. The maximum Gasteiger partial charge on any atom is 0.326 e. The van der Waals surface area contributed by atoms with Crippen LogP contribution in [-0.4, -0.2) is 55.7 Å². The Hall–Kier alpha value is -2.19. The van der Waals surface area contributed by atoms with Crippen molar-refractivity contribution in [3.05, 3.63) is 29.0 Å². The third-order valence-corrected chi connectivity index (χ3v) is 2.87. The Morgan fingerprint density at radius 1 is 1.35 bits per heavy atom. The van der Waals surface area contributed by atoms with Crippen molar-refractivity contribution in [2.24, 2.45) is 0 Å². The Balaban J connectivity index is 2.36. The Morgan fingerprint density at radius 3 is 2.74 bits per heavy atom. The molecule has 0 aliphatic rings. The molecule has 1 aromatic rings. The number of methoxy groups -OCH3 is 1. The molecule has 1 heterocycles. The van der Waals surface area contributed by atoms with Crippen molar-refractivity contribution in [3.63, 3.8) is 0 Å². The van der Waals surface area contributed by atoms with Gasteiger partial charge in [0.1, 0.15) is 12.2 Å². The largest absolute Gasteiger partial charge is 0.451 e. The topological polar surface area (TPSA) is 107 Å². The van der Waals surface area contributed by atoms with E-state index in [9.17, 15) is 14.4 Å². The molecular formula is C14H18ClN3O5. The molecule has 0 aliphatic heterocycles. The van der Waals surface area contributed by atoms with Gasteiger partial charge in [-0.25, -0.2) is 0 Å². The maximum atomic E-state index is 11.8. The van der Waals surface area contributed by atoms with Gasteiger partial charge in [0.2, 0.25) is 0 Å². The van der Waals surface area contributed by atoms with Crippen LogP contribution in [0.5, 0.6) is 0 Å². The molecule has 0 saturated heterocycles. The van der Waals surface area contributed by atoms with Gasteiger partial charge in [-0.2, -0.15) is 0 Å². The Bertz CT molecular complexity index is 567. The number of halogens is 1. The minimum Gasteiger partial charge on any atom is -0.451 e. The van der Waals surface area contributed by atoms with Crippen molar-refractivity contribution in [1.29, 1.82) is 0 Å². The normalized spacial score (nSPS) is 11.4. The van der Waals surface area contributed by atoms with Crippen molar-refractivity contribution in [1.82, 2.24) is 15.6 Å². The predicted octanol–water partition coefficient (Wildman–Crippen LogP) is 0.159. The highest BCUT2D eigenvalue weighted by molar-refractivity contribution is 6.30. The molecule has 0 saturated carbocycles. The van der Waals surface area contributed by atoms with E-state index in [1.165, 1.54) is 32.4 Å². The first kappa shape index (κ1) is 18.9. The fourth-order valence-electron chi connectivity index (χ4n) is 1.48. The molecule has 0 spiro atoms. The molecule has 0 radical (unpaired) electrons. The van der Waals surface area contributed by atoms with E-state index in [4.69, 9.17) is 21.1 Å². The number of carbonyl (C=O) groups is 3. The van der Waals surface area contributed by atoms with Gasteiger partial charge in [-0.05, 0) is 19.1 Å². The summed E-state index contributed by atoms with van der Waals surface area (Å²) < 4.78 is 9.68. The highest BCUT2D eigenvalue weighted by Gasteiger charge is 2.18. The monoisotopic (exact) mass is 343 g/mol.